The van der Waals surface area contributed by atoms with Gasteiger partial charge in [-0.3, -0.25) is 19.3 Å². The summed E-state index contributed by atoms with van der Waals surface area (Å²) in [5, 5.41) is 0. The van der Waals surface area contributed by atoms with Crippen LogP contribution in [-0.4, -0.2) is 47.2 Å². The fourth-order valence-electron chi connectivity index (χ4n) is 3.14. The lowest BCUT2D eigenvalue weighted by Crippen LogP contribution is -2.45. The topological polar surface area (TPSA) is 57.7 Å². The summed E-state index contributed by atoms with van der Waals surface area (Å²) in [6.45, 7) is 1.77. The van der Waals surface area contributed by atoms with Crippen molar-refractivity contribution in [2.24, 2.45) is 0 Å². The lowest BCUT2D eigenvalue weighted by atomic mass is 9.98. The highest BCUT2D eigenvalue weighted by Gasteiger charge is 2.31. The lowest BCUT2D eigenvalue weighted by Gasteiger charge is -2.29. The van der Waals surface area contributed by atoms with Gasteiger partial charge in [0.25, 0.3) is 5.91 Å². The molecule has 1 aromatic rings. The molecule has 5 nitrogen and oxygen atoms in total. The fraction of sp³-hybridized carbons (Fsp3) is 0.471. The van der Waals surface area contributed by atoms with E-state index in [2.05, 4.69) is 0 Å². The molecular formula is C17H20N2O3. The molecule has 0 aromatic heterocycles. The number of benzene rings is 1. The zero-order chi connectivity index (χ0) is 15.5. The van der Waals surface area contributed by atoms with Gasteiger partial charge in [-0.05, 0) is 30.9 Å². The normalized spacial score (nSPS) is 18.4. The highest BCUT2D eigenvalue weighted by Crippen LogP contribution is 2.20. The van der Waals surface area contributed by atoms with Crippen LogP contribution in [0.4, 0.5) is 0 Å². The predicted molar refractivity (Wildman–Crippen MR) is 81.2 cm³/mol. The summed E-state index contributed by atoms with van der Waals surface area (Å²) >= 11 is 0. The van der Waals surface area contributed by atoms with Crippen LogP contribution in [0.1, 0.15) is 41.6 Å². The Hall–Kier alpha value is -2.17. The minimum Gasteiger partial charge on any atom is -0.343 e. The average Bonchev–Trinajstić information content (AvgIpc) is 2.55. The quantitative estimate of drug-likeness (QED) is 0.797. The minimum atomic E-state index is -0.279. The van der Waals surface area contributed by atoms with Crippen LogP contribution in [0.2, 0.25) is 0 Å². The van der Waals surface area contributed by atoms with Crippen molar-refractivity contribution in [3.05, 3.63) is 35.4 Å². The number of carbonyl (C=O) groups is 3. The monoisotopic (exact) mass is 300 g/mol. The van der Waals surface area contributed by atoms with Crippen molar-refractivity contribution in [2.45, 2.75) is 32.1 Å². The van der Waals surface area contributed by atoms with Crippen LogP contribution in [0.25, 0.3) is 0 Å². The number of hydrogen-bond acceptors (Lipinski definition) is 3. The van der Waals surface area contributed by atoms with Crippen molar-refractivity contribution in [1.82, 2.24) is 9.80 Å². The molecule has 2 aliphatic rings. The van der Waals surface area contributed by atoms with E-state index < -0.39 is 0 Å². The Labute approximate surface area is 129 Å². The first-order valence-corrected chi connectivity index (χ1v) is 7.87. The molecular weight excluding hydrogens is 280 g/mol. The van der Waals surface area contributed by atoms with Gasteiger partial charge in [0.05, 0.1) is 6.42 Å². The number of likely N-dealkylation sites (tertiary alicyclic amines) is 1. The molecule has 2 aliphatic heterocycles. The Morgan fingerprint density at radius 1 is 1.05 bits per heavy atom. The second kappa shape index (κ2) is 6.30. The summed E-state index contributed by atoms with van der Waals surface area (Å²) in [6, 6.07) is 7.17. The largest absolute Gasteiger partial charge is 0.343 e. The van der Waals surface area contributed by atoms with Crippen molar-refractivity contribution in [1.29, 1.82) is 0 Å². The third kappa shape index (κ3) is 2.89. The SMILES string of the molecule is O=C(CCN1C(=O)Cc2ccccc2C1=O)N1CCCCC1. The molecule has 1 saturated heterocycles. The van der Waals surface area contributed by atoms with Crippen LogP contribution in [-0.2, 0) is 16.0 Å². The lowest BCUT2D eigenvalue weighted by molar-refractivity contribution is -0.133. The molecule has 0 saturated carbocycles. The van der Waals surface area contributed by atoms with E-state index in [-0.39, 0.29) is 37.1 Å². The second-order valence-electron chi connectivity index (χ2n) is 5.88. The van der Waals surface area contributed by atoms with Gasteiger partial charge in [-0.2, -0.15) is 0 Å². The number of fused-ring (bicyclic) bond motifs is 1. The smallest absolute Gasteiger partial charge is 0.260 e. The van der Waals surface area contributed by atoms with Crippen molar-refractivity contribution in [2.75, 3.05) is 19.6 Å². The molecule has 0 spiro atoms. The average molecular weight is 300 g/mol. The third-order valence-corrected chi connectivity index (χ3v) is 4.39. The first kappa shape index (κ1) is 14.8. The number of carbonyl (C=O) groups excluding carboxylic acids is 3. The van der Waals surface area contributed by atoms with Crippen LogP contribution in [0.3, 0.4) is 0 Å². The minimum absolute atomic E-state index is 0.0409. The van der Waals surface area contributed by atoms with Crippen molar-refractivity contribution >= 4 is 17.7 Å². The van der Waals surface area contributed by atoms with Crippen LogP contribution >= 0.6 is 0 Å². The molecule has 0 aliphatic carbocycles. The number of hydrogen-bond donors (Lipinski definition) is 0. The summed E-state index contributed by atoms with van der Waals surface area (Å²) in [5.41, 5.74) is 1.35. The Kier molecular flexibility index (Phi) is 4.22. The highest BCUT2D eigenvalue weighted by atomic mass is 16.2. The van der Waals surface area contributed by atoms with Gasteiger partial charge in [-0.1, -0.05) is 18.2 Å². The molecule has 3 rings (SSSR count). The molecule has 0 radical (unpaired) electrons. The van der Waals surface area contributed by atoms with Crippen LogP contribution < -0.4 is 0 Å². The van der Waals surface area contributed by atoms with Crippen molar-refractivity contribution < 1.29 is 14.4 Å². The molecule has 1 fully saturated rings. The van der Waals surface area contributed by atoms with Crippen LogP contribution in [0, 0.1) is 0 Å². The molecule has 116 valence electrons. The molecule has 1 aromatic carbocycles. The first-order chi connectivity index (χ1) is 10.7. The van der Waals surface area contributed by atoms with Gasteiger partial charge < -0.3 is 4.90 Å². The van der Waals surface area contributed by atoms with E-state index in [0.717, 1.165) is 31.5 Å². The fourth-order valence-corrected chi connectivity index (χ4v) is 3.14. The Balaban J connectivity index is 1.64. The van der Waals surface area contributed by atoms with E-state index in [9.17, 15) is 14.4 Å². The number of amides is 3. The maximum Gasteiger partial charge on any atom is 0.260 e. The molecule has 0 atom stereocenters. The summed E-state index contributed by atoms with van der Waals surface area (Å²) in [4.78, 5) is 39.8. The zero-order valence-electron chi connectivity index (χ0n) is 12.6. The van der Waals surface area contributed by atoms with E-state index in [0.29, 0.717) is 5.56 Å². The van der Waals surface area contributed by atoms with E-state index in [1.165, 1.54) is 11.3 Å². The van der Waals surface area contributed by atoms with Gasteiger partial charge in [0.1, 0.15) is 0 Å². The summed E-state index contributed by atoms with van der Waals surface area (Å²) < 4.78 is 0. The highest BCUT2D eigenvalue weighted by molar-refractivity contribution is 6.09. The molecule has 0 N–H and O–H groups in total. The maximum atomic E-state index is 12.4. The predicted octanol–water partition coefficient (Wildman–Crippen LogP) is 1.61. The van der Waals surface area contributed by atoms with Gasteiger partial charge >= 0.3 is 0 Å². The first-order valence-electron chi connectivity index (χ1n) is 7.87. The number of imide groups is 1. The van der Waals surface area contributed by atoms with E-state index in [1.807, 2.05) is 11.0 Å². The number of rotatable bonds is 3. The third-order valence-electron chi connectivity index (χ3n) is 4.39. The summed E-state index contributed by atoms with van der Waals surface area (Å²) in [5.74, 6) is -0.451. The Morgan fingerprint density at radius 2 is 1.77 bits per heavy atom. The molecule has 0 unspecified atom stereocenters. The van der Waals surface area contributed by atoms with E-state index >= 15 is 0 Å². The number of nitrogens with zero attached hydrogens (tertiary/aromatic N) is 2. The van der Waals surface area contributed by atoms with E-state index in [4.69, 9.17) is 0 Å². The standard InChI is InChI=1S/C17H20N2O3/c20-15(18-9-4-1-5-10-18)8-11-19-16(21)12-13-6-2-3-7-14(13)17(19)22/h2-3,6-7H,1,4-5,8-12H2. The molecule has 3 amide bonds. The van der Waals surface area contributed by atoms with Gasteiger partial charge in [-0.25, -0.2) is 0 Å². The Bertz CT molecular complexity index is 606. The van der Waals surface area contributed by atoms with Gasteiger partial charge in [-0.15, -0.1) is 0 Å². The van der Waals surface area contributed by atoms with Crippen molar-refractivity contribution in [3.63, 3.8) is 0 Å². The summed E-state index contributed by atoms with van der Waals surface area (Å²) in [6.07, 6.45) is 3.71. The molecule has 0 bridgehead atoms. The van der Waals surface area contributed by atoms with Crippen LogP contribution in [0.5, 0.6) is 0 Å². The van der Waals surface area contributed by atoms with Crippen LogP contribution in [0.15, 0.2) is 24.3 Å². The Morgan fingerprint density at radius 3 is 2.55 bits per heavy atom. The molecule has 2 heterocycles. The zero-order valence-corrected chi connectivity index (χ0v) is 12.6. The van der Waals surface area contributed by atoms with Gasteiger partial charge in [0, 0.05) is 31.6 Å². The van der Waals surface area contributed by atoms with E-state index in [1.54, 1.807) is 18.2 Å². The van der Waals surface area contributed by atoms with Crippen molar-refractivity contribution in [3.8, 4) is 0 Å². The summed E-state index contributed by atoms with van der Waals surface area (Å²) in [7, 11) is 0. The molecule has 22 heavy (non-hydrogen) atoms. The number of piperidine rings is 1. The van der Waals surface area contributed by atoms with Gasteiger partial charge in [0.2, 0.25) is 11.8 Å². The van der Waals surface area contributed by atoms with Gasteiger partial charge in [0.15, 0.2) is 0 Å². The molecule has 5 heteroatoms. The maximum absolute atomic E-state index is 12.4. The second-order valence-corrected chi connectivity index (χ2v) is 5.88.